The molecule has 2 aliphatic heterocycles. The van der Waals surface area contributed by atoms with E-state index in [1.807, 2.05) is 0 Å². The van der Waals surface area contributed by atoms with Crippen LogP contribution in [0.25, 0.3) is 0 Å². The molecule has 0 bridgehead atoms. The minimum atomic E-state index is -0.830. The molecule has 5 nitrogen and oxygen atoms in total. The zero-order valence-corrected chi connectivity index (χ0v) is 12.5. The third-order valence-electron chi connectivity index (χ3n) is 4.41. The Morgan fingerprint density at radius 3 is 2.59 bits per heavy atom. The molecule has 0 spiro atoms. The van der Waals surface area contributed by atoms with Gasteiger partial charge in [0.1, 0.15) is 11.9 Å². The molecule has 2 heterocycles. The van der Waals surface area contributed by atoms with Crippen molar-refractivity contribution in [2.75, 3.05) is 32.9 Å². The molecule has 2 saturated heterocycles. The number of rotatable bonds is 2. The van der Waals surface area contributed by atoms with E-state index in [0.29, 0.717) is 45.8 Å². The Balaban J connectivity index is 1.69. The van der Waals surface area contributed by atoms with E-state index in [-0.39, 0.29) is 17.8 Å². The van der Waals surface area contributed by atoms with E-state index in [1.54, 1.807) is 17.0 Å². The van der Waals surface area contributed by atoms with Gasteiger partial charge in [-0.15, -0.1) is 0 Å². The Morgan fingerprint density at radius 2 is 1.91 bits per heavy atom. The molecule has 3 rings (SSSR count). The van der Waals surface area contributed by atoms with Crippen LogP contribution < -0.4 is 5.73 Å². The van der Waals surface area contributed by atoms with E-state index in [2.05, 4.69) is 0 Å². The second-order valence-corrected chi connectivity index (χ2v) is 5.93. The zero-order chi connectivity index (χ0) is 15.6. The number of benzene rings is 1. The van der Waals surface area contributed by atoms with Gasteiger partial charge in [-0.05, 0) is 30.5 Å². The smallest absolute Gasteiger partial charge is 0.243 e. The molecule has 1 amide bonds. The van der Waals surface area contributed by atoms with Crippen LogP contribution in [0.4, 0.5) is 4.39 Å². The van der Waals surface area contributed by atoms with Gasteiger partial charge in [-0.25, -0.2) is 4.39 Å². The van der Waals surface area contributed by atoms with Gasteiger partial charge >= 0.3 is 0 Å². The normalized spacial score (nSPS) is 25.0. The summed E-state index contributed by atoms with van der Waals surface area (Å²) < 4.78 is 24.0. The summed E-state index contributed by atoms with van der Waals surface area (Å²) in [6, 6.07) is 6.20. The molecule has 1 aromatic carbocycles. The molecule has 120 valence electrons. The van der Waals surface area contributed by atoms with E-state index in [1.165, 1.54) is 12.1 Å². The maximum absolute atomic E-state index is 13.0. The highest BCUT2D eigenvalue weighted by molar-refractivity contribution is 5.86. The maximum atomic E-state index is 13.0. The lowest BCUT2D eigenvalue weighted by Crippen LogP contribution is -2.60. The maximum Gasteiger partial charge on any atom is 0.243 e. The van der Waals surface area contributed by atoms with Gasteiger partial charge in [-0.3, -0.25) is 4.79 Å². The highest BCUT2D eigenvalue weighted by Gasteiger charge is 2.40. The van der Waals surface area contributed by atoms with Crippen LogP contribution in [0.3, 0.4) is 0 Å². The van der Waals surface area contributed by atoms with Crippen molar-refractivity contribution < 1.29 is 18.7 Å². The van der Waals surface area contributed by atoms with E-state index in [9.17, 15) is 9.18 Å². The monoisotopic (exact) mass is 308 g/mol. The molecule has 2 fully saturated rings. The lowest BCUT2D eigenvalue weighted by molar-refractivity contribution is -0.148. The van der Waals surface area contributed by atoms with Gasteiger partial charge in [0.05, 0.1) is 18.7 Å². The first-order valence-corrected chi connectivity index (χ1v) is 7.61. The molecule has 6 heteroatoms. The number of halogens is 1. The summed E-state index contributed by atoms with van der Waals surface area (Å²) in [5, 5.41) is 0. The summed E-state index contributed by atoms with van der Waals surface area (Å²) in [4.78, 5) is 14.5. The van der Waals surface area contributed by atoms with E-state index < -0.39 is 5.54 Å². The fourth-order valence-electron chi connectivity index (χ4n) is 2.98. The van der Waals surface area contributed by atoms with Crippen LogP contribution in [0, 0.1) is 5.82 Å². The van der Waals surface area contributed by atoms with Crippen molar-refractivity contribution in [1.82, 2.24) is 4.90 Å². The lowest BCUT2D eigenvalue weighted by atomic mass is 9.89. The average molecular weight is 308 g/mol. The molecule has 1 unspecified atom stereocenters. The summed E-state index contributed by atoms with van der Waals surface area (Å²) in [7, 11) is 0. The molecule has 0 saturated carbocycles. The molecular weight excluding hydrogens is 287 g/mol. The summed E-state index contributed by atoms with van der Waals surface area (Å²) in [5.74, 6) is -0.318. The quantitative estimate of drug-likeness (QED) is 0.892. The number of nitrogens with zero attached hydrogens (tertiary/aromatic N) is 1. The first-order chi connectivity index (χ1) is 10.6. The molecule has 2 aliphatic rings. The van der Waals surface area contributed by atoms with Gasteiger partial charge in [0, 0.05) is 19.8 Å². The largest absolute Gasteiger partial charge is 0.381 e. The van der Waals surface area contributed by atoms with Crippen molar-refractivity contribution in [3.05, 3.63) is 35.6 Å². The molecule has 1 aromatic rings. The van der Waals surface area contributed by atoms with Crippen molar-refractivity contribution >= 4 is 5.91 Å². The number of ether oxygens (including phenoxy) is 2. The summed E-state index contributed by atoms with van der Waals surface area (Å²) >= 11 is 0. The van der Waals surface area contributed by atoms with Crippen molar-refractivity contribution in [2.24, 2.45) is 5.73 Å². The Morgan fingerprint density at radius 1 is 1.23 bits per heavy atom. The van der Waals surface area contributed by atoms with Crippen molar-refractivity contribution in [3.63, 3.8) is 0 Å². The number of hydrogen-bond acceptors (Lipinski definition) is 4. The van der Waals surface area contributed by atoms with Crippen molar-refractivity contribution in [3.8, 4) is 0 Å². The number of morpholine rings is 1. The fourth-order valence-corrected chi connectivity index (χ4v) is 2.98. The van der Waals surface area contributed by atoms with Gasteiger partial charge in [0.25, 0.3) is 0 Å². The van der Waals surface area contributed by atoms with Gasteiger partial charge in [-0.2, -0.15) is 0 Å². The van der Waals surface area contributed by atoms with E-state index >= 15 is 0 Å². The van der Waals surface area contributed by atoms with Gasteiger partial charge in [0.2, 0.25) is 5.91 Å². The standard InChI is InChI=1S/C16H21FN2O3/c17-13-3-1-12(2-4-13)14-11-19(7-10-22-14)15(20)16(18)5-8-21-9-6-16/h1-4,14H,5-11,18H2. The van der Waals surface area contributed by atoms with Crippen LogP contribution in [-0.2, 0) is 14.3 Å². The fraction of sp³-hybridized carbons (Fsp3) is 0.562. The van der Waals surface area contributed by atoms with Crippen molar-refractivity contribution in [2.45, 2.75) is 24.5 Å². The topological polar surface area (TPSA) is 64.8 Å². The lowest BCUT2D eigenvalue weighted by Gasteiger charge is -2.40. The molecule has 1 atom stereocenters. The van der Waals surface area contributed by atoms with E-state index in [4.69, 9.17) is 15.2 Å². The minimum absolute atomic E-state index is 0.0359. The van der Waals surface area contributed by atoms with Crippen LogP contribution in [0.2, 0.25) is 0 Å². The van der Waals surface area contributed by atoms with E-state index in [0.717, 1.165) is 5.56 Å². The minimum Gasteiger partial charge on any atom is -0.381 e. The second kappa shape index (κ2) is 6.32. The Hall–Kier alpha value is -1.50. The average Bonchev–Trinajstić information content (AvgIpc) is 2.56. The van der Waals surface area contributed by atoms with Crippen LogP contribution in [-0.4, -0.2) is 49.3 Å². The first kappa shape index (κ1) is 15.4. The van der Waals surface area contributed by atoms with Crippen LogP contribution >= 0.6 is 0 Å². The Labute approximate surface area is 129 Å². The Bertz CT molecular complexity index is 529. The number of carbonyl (C=O) groups excluding carboxylic acids is 1. The van der Waals surface area contributed by atoms with Gasteiger partial charge in [-0.1, -0.05) is 12.1 Å². The predicted molar refractivity (Wildman–Crippen MR) is 78.6 cm³/mol. The van der Waals surface area contributed by atoms with Gasteiger partial charge < -0.3 is 20.1 Å². The highest BCUT2D eigenvalue weighted by Crippen LogP contribution is 2.26. The van der Waals surface area contributed by atoms with Crippen LogP contribution in [0.1, 0.15) is 24.5 Å². The van der Waals surface area contributed by atoms with Gasteiger partial charge in [0.15, 0.2) is 0 Å². The SMILES string of the molecule is NC1(C(=O)N2CCOC(c3ccc(F)cc3)C2)CCOCC1. The van der Waals surface area contributed by atoms with Crippen LogP contribution in [0.15, 0.2) is 24.3 Å². The third-order valence-corrected chi connectivity index (χ3v) is 4.41. The molecule has 0 aromatic heterocycles. The molecule has 0 aliphatic carbocycles. The zero-order valence-electron chi connectivity index (χ0n) is 12.5. The molecule has 2 N–H and O–H groups in total. The summed E-state index contributed by atoms with van der Waals surface area (Å²) in [5.41, 5.74) is 6.32. The number of amides is 1. The first-order valence-electron chi connectivity index (χ1n) is 7.61. The van der Waals surface area contributed by atoms with Crippen molar-refractivity contribution in [1.29, 1.82) is 0 Å². The summed E-state index contributed by atoms with van der Waals surface area (Å²) in [6.45, 7) is 2.49. The third kappa shape index (κ3) is 3.14. The van der Waals surface area contributed by atoms with Crippen LogP contribution in [0.5, 0.6) is 0 Å². The highest BCUT2D eigenvalue weighted by atomic mass is 19.1. The molecule has 22 heavy (non-hydrogen) atoms. The predicted octanol–water partition coefficient (Wildman–Crippen LogP) is 1.23. The molecule has 0 radical (unpaired) electrons. The summed E-state index contributed by atoms with van der Waals surface area (Å²) in [6.07, 6.45) is 0.858. The Kier molecular flexibility index (Phi) is 4.42. The number of carbonyl (C=O) groups is 1. The number of nitrogens with two attached hydrogens (primary N) is 1. The number of hydrogen-bond donors (Lipinski definition) is 1. The second-order valence-electron chi connectivity index (χ2n) is 5.93. The molecular formula is C16H21FN2O3.